The predicted octanol–water partition coefficient (Wildman–Crippen LogP) is 1.55. The van der Waals surface area contributed by atoms with Crippen LogP contribution in [-0.4, -0.2) is 37.1 Å². The van der Waals surface area contributed by atoms with E-state index in [1.165, 1.54) is 24.3 Å². The second-order valence-electron chi connectivity index (χ2n) is 5.67. The first kappa shape index (κ1) is 17.4. The van der Waals surface area contributed by atoms with E-state index in [4.69, 9.17) is 5.11 Å². The molecule has 1 aliphatic carbocycles. The van der Waals surface area contributed by atoms with E-state index in [9.17, 15) is 23.1 Å². The van der Waals surface area contributed by atoms with Crippen molar-refractivity contribution in [3.8, 4) is 0 Å². The number of hydrogen-bond acceptors (Lipinski definition) is 4. The molecule has 0 spiro atoms. The molecule has 2 rings (SSSR count). The van der Waals surface area contributed by atoms with Crippen LogP contribution in [0, 0.1) is 11.8 Å². The number of sulfonamides is 1. The minimum Gasteiger partial charge on any atom is -0.481 e. The highest BCUT2D eigenvalue weighted by Crippen LogP contribution is 2.30. The number of carboxylic acid groups (broad SMARTS) is 2. The van der Waals surface area contributed by atoms with Gasteiger partial charge in [0, 0.05) is 6.54 Å². The van der Waals surface area contributed by atoms with Crippen molar-refractivity contribution in [2.75, 3.05) is 6.54 Å². The molecule has 126 valence electrons. The van der Waals surface area contributed by atoms with Gasteiger partial charge < -0.3 is 10.2 Å². The number of aromatic carboxylic acids is 1. The molecule has 0 amide bonds. The number of carboxylic acids is 2. The van der Waals surface area contributed by atoms with E-state index in [0.717, 1.165) is 12.8 Å². The van der Waals surface area contributed by atoms with Crippen LogP contribution in [-0.2, 0) is 14.8 Å². The fourth-order valence-electron chi connectivity index (χ4n) is 2.85. The van der Waals surface area contributed by atoms with Crippen molar-refractivity contribution >= 4 is 22.0 Å². The third kappa shape index (κ3) is 4.29. The van der Waals surface area contributed by atoms with Gasteiger partial charge in [-0.05, 0) is 43.0 Å². The second kappa shape index (κ2) is 7.10. The molecule has 0 heterocycles. The summed E-state index contributed by atoms with van der Waals surface area (Å²) in [5.41, 5.74) is 0.00201. The fourth-order valence-corrected chi connectivity index (χ4v) is 3.95. The van der Waals surface area contributed by atoms with Gasteiger partial charge in [-0.1, -0.05) is 12.8 Å². The molecule has 0 aromatic heterocycles. The molecule has 0 radical (unpaired) electrons. The minimum atomic E-state index is -3.79. The maximum atomic E-state index is 12.2. The first-order valence-electron chi connectivity index (χ1n) is 7.37. The summed E-state index contributed by atoms with van der Waals surface area (Å²) in [4.78, 5) is 22.0. The molecule has 7 nitrogen and oxygen atoms in total. The van der Waals surface area contributed by atoms with Gasteiger partial charge in [0.25, 0.3) is 0 Å². The normalized spacial score (nSPS) is 21.7. The topological polar surface area (TPSA) is 121 Å². The Morgan fingerprint density at radius 1 is 1.09 bits per heavy atom. The molecule has 3 N–H and O–H groups in total. The molecular formula is C15H19NO6S. The quantitative estimate of drug-likeness (QED) is 0.722. The summed E-state index contributed by atoms with van der Waals surface area (Å²) in [6, 6.07) is 4.89. The zero-order valence-corrected chi connectivity index (χ0v) is 13.3. The highest BCUT2D eigenvalue weighted by atomic mass is 32.2. The lowest BCUT2D eigenvalue weighted by Gasteiger charge is -2.28. The Bertz CT molecular complexity index is 682. The molecule has 1 aromatic rings. The molecule has 2 atom stereocenters. The average molecular weight is 341 g/mol. The van der Waals surface area contributed by atoms with Crippen LogP contribution in [0.25, 0.3) is 0 Å². The summed E-state index contributed by atoms with van der Waals surface area (Å²) in [7, 11) is -3.79. The van der Waals surface area contributed by atoms with Gasteiger partial charge in [-0.3, -0.25) is 4.79 Å². The summed E-state index contributed by atoms with van der Waals surface area (Å²) < 4.78 is 26.9. The number of carbonyl (C=O) groups is 2. The number of aliphatic carboxylic acids is 1. The Morgan fingerprint density at radius 2 is 1.70 bits per heavy atom. The lowest BCUT2D eigenvalue weighted by Crippen LogP contribution is -2.37. The van der Waals surface area contributed by atoms with Gasteiger partial charge in [-0.15, -0.1) is 0 Å². The standard InChI is InChI=1S/C15H19NO6S/c17-14(18)10-5-7-12(8-6-10)23(21,22)16-9-11-3-1-2-4-13(11)15(19)20/h5-8,11,13,16H,1-4,9H2,(H,17,18)(H,19,20)/t11-,13-/m0/s1. The van der Waals surface area contributed by atoms with Crippen LogP contribution in [0.2, 0.25) is 0 Å². The summed E-state index contributed by atoms with van der Waals surface area (Å²) in [5.74, 6) is -2.77. The summed E-state index contributed by atoms with van der Waals surface area (Å²) in [5, 5.41) is 18.0. The average Bonchev–Trinajstić information content (AvgIpc) is 2.53. The van der Waals surface area contributed by atoms with E-state index in [0.29, 0.717) is 12.8 Å². The third-order valence-corrected chi connectivity index (χ3v) is 5.61. The Kier molecular flexibility index (Phi) is 5.38. The van der Waals surface area contributed by atoms with E-state index >= 15 is 0 Å². The van der Waals surface area contributed by atoms with Crippen LogP contribution in [0.4, 0.5) is 0 Å². The summed E-state index contributed by atoms with van der Waals surface area (Å²) in [6.07, 6.45) is 2.98. The van der Waals surface area contributed by atoms with E-state index in [1.54, 1.807) is 0 Å². The van der Waals surface area contributed by atoms with E-state index < -0.39 is 27.9 Å². The maximum absolute atomic E-state index is 12.2. The molecule has 1 saturated carbocycles. The molecule has 0 saturated heterocycles. The Hall–Kier alpha value is -1.93. The van der Waals surface area contributed by atoms with Crippen molar-refractivity contribution in [2.45, 2.75) is 30.6 Å². The number of nitrogens with one attached hydrogen (secondary N) is 1. The van der Waals surface area contributed by atoms with E-state index in [2.05, 4.69) is 4.72 Å². The van der Waals surface area contributed by atoms with Gasteiger partial charge in [-0.2, -0.15) is 0 Å². The Balaban J connectivity index is 2.05. The molecule has 0 aliphatic heterocycles. The molecular weight excluding hydrogens is 322 g/mol. The highest BCUT2D eigenvalue weighted by molar-refractivity contribution is 7.89. The SMILES string of the molecule is O=C(O)c1ccc(S(=O)(=O)NC[C@@H]2CCCC[C@@H]2C(=O)O)cc1. The van der Waals surface area contributed by atoms with Crippen molar-refractivity contribution in [3.05, 3.63) is 29.8 Å². The Labute approximate surface area is 134 Å². The van der Waals surface area contributed by atoms with E-state index in [-0.39, 0.29) is 22.9 Å². The first-order valence-corrected chi connectivity index (χ1v) is 8.85. The molecule has 1 aliphatic rings. The lowest BCUT2D eigenvalue weighted by atomic mass is 9.79. The van der Waals surface area contributed by atoms with Crippen molar-refractivity contribution in [1.29, 1.82) is 0 Å². The first-order chi connectivity index (χ1) is 10.8. The van der Waals surface area contributed by atoms with Crippen LogP contribution in [0.15, 0.2) is 29.2 Å². The molecule has 0 bridgehead atoms. The van der Waals surface area contributed by atoms with Crippen molar-refractivity contribution in [1.82, 2.24) is 4.72 Å². The minimum absolute atomic E-state index is 0.00201. The van der Waals surface area contributed by atoms with Crippen LogP contribution in [0.1, 0.15) is 36.0 Å². The van der Waals surface area contributed by atoms with Crippen LogP contribution < -0.4 is 4.72 Å². The molecule has 23 heavy (non-hydrogen) atoms. The van der Waals surface area contributed by atoms with Gasteiger partial charge >= 0.3 is 11.9 Å². The lowest BCUT2D eigenvalue weighted by molar-refractivity contribution is -0.144. The second-order valence-corrected chi connectivity index (χ2v) is 7.44. The number of benzene rings is 1. The van der Waals surface area contributed by atoms with Crippen LogP contribution in [0.3, 0.4) is 0 Å². The summed E-state index contributed by atoms with van der Waals surface area (Å²) >= 11 is 0. The van der Waals surface area contributed by atoms with Gasteiger partial charge in [0.1, 0.15) is 0 Å². The van der Waals surface area contributed by atoms with Crippen molar-refractivity contribution < 1.29 is 28.2 Å². The molecule has 1 aromatic carbocycles. The van der Waals surface area contributed by atoms with Crippen molar-refractivity contribution in [3.63, 3.8) is 0 Å². The third-order valence-electron chi connectivity index (χ3n) is 4.17. The summed E-state index contributed by atoms with van der Waals surface area (Å²) in [6.45, 7) is 0.0694. The zero-order valence-electron chi connectivity index (χ0n) is 12.4. The zero-order chi connectivity index (χ0) is 17.0. The Morgan fingerprint density at radius 3 is 2.26 bits per heavy atom. The predicted molar refractivity (Wildman–Crippen MR) is 81.7 cm³/mol. The monoisotopic (exact) mass is 341 g/mol. The number of hydrogen-bond donors (Lipinski definition) is 3. The van der Waals surface area contributed by atoms with Crippen molar-refractivity contribution in [2.24, 2.45) is 11.8 Å². The fraction of sp³-hybridized carbons (Fsp3) is 0.467. The van der Waals surface area contributed by atoms with Gasteiger partial charge in [-0.25, -0.2) is 17.9 Å². The maximum Gasteiger partial charge on any atom is 0.335 e. The molecule has 1 fully saturated rings. The smallest absolute Gasteiger partial charge is 0.335 e. The van der Waals surface area contributed by atoms with Gasteiger partial charge in [0.05, 0.1) is 16.4 Å². The van der Waals surface area contributed by atoms with Gasteiger partial charge in [0.2, 0.25) is 10.0 Å². The molecule has 0 unspecified atom stereocenters. The highest BCUT2D eigenvalue weighted by Gasteiger charge is 2.31. The largest absolute Gasteiger partial charge is 0.481 e. The van der Waals surface area contributed by atoms with Gasteiger partial charge in [0.15, 0.2) is 0 Å². The number of rotatable bonds is 6. The van der Waals surface area contributed by atoms with E-state index in [1.807, 2.05) is 0 Å². The van der Waals surface area contributed by atoms with Crippen LogP contribution >= 0.6 is 0 Å². The van der Waals surface area contributed by atoms with Crippen LogP contribution in [0.5, 0.6) is 0 Å². The molecule has 8 heteroatoms.